The van der Waals surface area contributed by atoms with E-state index in [9.17, 15) is 18.0 Å². The number of anilines is 3. The summed E-state index contributed by atoms with van der Waals surface area (Å²) < 4.78 is 39.7. The van der Waals surface area contributed by atoms with Gasteiger partial charge in [-0.05, 0) is 24.3 Å². The summed E-state index contributed by atoms with van der Waals surface area (Å²) in [5.74, 6) is -3.86. The van der Waals surface area contributed by atoms with Gasteiger partial charge in [-0.2, -0.15) is 0 Å². The minimum atomic E-state index is -1.34. The molecule has 4 N–H and O–H groups in total. The average molecular weight is 282 g/mol. The number of nitrogens with one attached hydrogen (secondary N) is 1. The molecule has 0 radical (unpaired) electrons. The average Bonchev–Trinajstić information content (AvgIpc) is 2.30. The first kappa shape index (κ1) is 13.7. The molecule has 20 heavy (non-hydrogen) atoms. The van der Waals surface area contributed by atoms with Crippen LogP contribution in [0.5, 0.6) is 0 Å². The minimum absolute atomic E-state index is 0.0532. The highest BCUT2D eigenvalue weighted by Crippen LogP contribution is 2.26. The van der Waals surface area contributed by atoms with E-state index in [0.717, 1.165) is 24.3 Å². The maximum absolute atomic E-state index is 13.7. The van der Waals surface area contributed by atoms with Crippen LogP contribution < -0.4 is 11.1 Å². The second kappa shape index (κ2) is 5.12. The van der Waals surface area contributed by atoms with Crippen molar-refractivity contribution >= 4 is 23.0 Å². The molecule has 4 nitrogen and oxygen atoms in total. The quantitative estimate of drug-likeness (QED) is 0.756. The molecule has 0 saturated carbocycles. The number of hydrogen-bond donors (Lipinski definition) is 3. The highest BCUT2D eigenvalue weighted by Gasteiger charge is 2.13. The van der Waals surface area contributed by atoms with Crippen molar-refractivity contribution in [2.45, 2.75) is 0 Å². The normalized spacial score (nSPS) is 10.3. The lowest BCUT2D eigenvalue weighted by molar-refractivity contribution is 0.0698. The van der Waals surface area contributed by atoms with Crippen molar-refractivity contribution < 1.29 is 23.1 Å². The van der Waals surface area contributed by atoms with Crippen molar-refractivity contribution in [3.63, 3.8) is 0 Å². The Labute approximate surface area is 111 Å². The van der Waals surface area contributed by atoms with Crippen LogP contribution in [0, 0.1) is 17.5 Å². The zero-order valence-corrected chi connectivity index (χ0v) is 9.95. The molecule has 0 heterocycles. The molecule has 0 saturated heterocycles. The summed E-state index contributed by atoms with van der Waals surface area (Å²) in [4.78, 5) is 10.9. The Morgan fingerprint density at radius 2 is 1.65 bits per heavy atom. The largest absolute Gasteiger partial charge is 0.478 e. The Morgan fingerprint density at radius 1 is 1.05 bits per heavy atom. The molecule has 2 aromatic rings. The van der Waals surface area contributed by atoms with E-state index in [2.05, 4.69) is 5.32 Å². The van der Waals surface area contributed by atoms with Crippen LogP contribution in [0.15, 0.2) is 30.3 Å². The lowest BCUT2D eigenvalue weighted by atomic mass is 10.1. The smallest absolute Gasteiger partial charge is 0.337 e. The molecule has 0 atom stereocenters. The molecular formula is C13H9F3N2O2. The third kappa shape index (κ3) is 2.82. The first-order chi connectivity index (χ1) is 9.36. The Kier molecular flexibility index (Phi) is 3.51. The number of hydrogen-bond acceptors (Lipinski definition) is 3. The van der Waals surface area contributed by atoms with Crippen LogP contribution in [0.2, 0.25) is 0 Å². The molecule has 0 unspecified atom stereocenters. The lowest BCUT2D eigenvalue weighted by Gasteiger charge is -2.10. The summed E-state index contributed by atoms with van der Waals surface area (Å²) in [6.07, 6.45) is 0. The van der Waals surface area contributed by atoms with Crippen LogP contribution in [0.4, 0.5) is 30.2 Å². The molecule has 0 spiro atoms. The van der Waals surface area contributed by atoms with Crippen LogP contribution in [0.25, 0.3) is 0 Å². The fourth-order valence-corrected chi connectivity index (χ4v) is 1.65. The van der Waals surface area contributed by atoms with Gasteiger partial charge in [0.1, 0.15) is 17.5 Å². The lowest BCUT2D eigenvalue weighted by Crippen LogP contribution is -2.05. The van der Waals surface area contributed by atoms with Gasteiger partial charge < -0.3 is 16.2 Å². The first-order valence-corrected chi connectivity index (χ1v) is 5.42. The minimum Gasteiger partial charge on any atom is -0.478 e. The number of nitrogen functional groups attached to an aromatic ring is 1. The fourth-order valence-electron chi connectivity index (χ4n) is 1.65. The Bertz CT molecular complexity index is 669. The summed E-state index contributed by atoms with van der Waals surface area (Å²) in [6, 6.07) is 4.32. The zero-order chi connectivity index (χ0) is 14.9. The van der Waals surface area contributed by atoms with Crippen molar-refractivity contribution in [1.82, 2.24) is 0 Å². The van der Waals surface area contributed by atoms with Gasteiger partial charge in [-0.25, -0.2) is 18.0 Å². The van der Waals surface area contributed by atoms with E-state index in [1.54, 1.807) is 0 Å². The van der Waals surface area contributed by atoms with Gasteiger partial charge in [0, 0.05) is 17.4 Å². The van der Waals surface area contributed by atoms with E-state index >= 15 is 0 Å². The number of carboxylic acid groups (broad SMARTS) is 1. The van der Waals surface area contributed by atoms with Gasteiger partial charge in [0.2, 0.25) is 0 Å². The number of carbonyl (C=O) groups is 1. The molecule has 0 fully saturated rings. The SMILES string of the molecule is Nc1cc(F)c(Nc2cc(F)cc(F)c2)cc1C(=O)O. The van der Waals surface area contributed by atoms with Gasteiger partial charge in [-0.1, -0.05) is 0 Å². The fraction of sp³-hybridized carbons (Fsp3) is 0. The van der Waals surface area contributed by atoms with E-state index in [-0.39, 0.29) is 22.6 Å². The maximum Gasteiger partial charge on any atom is 0.337 e. The van der Waals surface area contributed by atoms with Crippen molar-refractivity contribution in [3.8, 4) is 0 Å². The predicted molar refractivity (Wildman–Crippen MR) is 67.4 cm³/mol. The van der Waals surface area contributed by atoms with Crippen LogP contribution >= 0.6 is 0 Å². The molecule has 0 amide bonds. The van der Waals surface area contributed by atoms with Crippen molar-refractivity contribution in [3.05, 3.63) is 53.3 Å². The standard InChI is InChI=1S/C13H9F3N2O2/c14-6-1-7(15)3-8(2-6)18-12-4-9(13(19)20)11(17)5-10(12)16/h1-5,18H,17H2,(H,19,20). The van der Waals surface area contributed by atoms with E-state index in [1.165, 1.54) is 0 Å². The van der Waals surface area contributed by atoms with Gasteiger partial charge in [0.25, 0.3) is 0 Å². The molecule has 7 heteroatoms. The highest BCUT2D eigenvalue weighted by atomic mass is 19.1. The third-order valence-electron chi connectivity index (χ3n) is 2.51. The second-order valence-electron chi connectivity index (χ2n) is 4.01. The molecule has 0 aliphatic rings. The molecule has 2 aromatic carbocycles. The maximum atomic E-state index is 13.7. The van der Waals surface area contributed by atoms with Gasteiger partial charge in [0.15, 0.2) is 0 Å². The summed E-state index contributed by atoms with van der Waals surface area (Å²) in [6.45, 7) is 0. The molecule has 0 aromatic heterocycles. The number of carboxylic acids is 1. The van der Waals surface area contributed by atoms with Crippen LogP contribution in [0.1, 0.15) is 10.4 Å². The zero-order valence-electron chi connectivity index (χ0n) is 9.95. The van der Waals surface area contributed by atoms with Gasteiger partial charge in [-0.3, -0.25) is 0 Å². The van der Waals surface area contributed by atoms with E-state index in [4.69, 9.17) is 10.8 Å². The summed E-state index contributed by atoms with van der Waals surface area (Å²) in [5.41, 5.74) is 4.50. The van der Waals surface area contributed by atoms with Crippen molar-refractivity contribution in [2.24, 2.45) is 0 Å². The Morgan fingerprint density at radius 3 is 2.20 bits per heavy atom. The summed E-state index contributed by atoms with van der Waals surface area (Å²) >= 11 is 0. The summed E-state index contributed by atoms with van der Waals surface area (Å²) in [7, 11) is 0. The van der Waals surface area contributed by atoms with Crippen molar-refractivity contribution in [2.75, 3.05) is 11.1 Å². The first-order valence-electron chi connectivity index (χ1n) is 5.42. The topological polar surface area (TPSA) is 75.3 Å². The van der Waals surface area contributed by atoms with Gasteiger partial charge in [-0.15, -0.1) is 0 Å². The van der Waals surface area contributed by atoms with Gasteiger partial charge >= 0.3 is 5.97 Å². The monoisotopic (exact) mass is 282 g/mol. The summed E-state index contributed by atoms with van der Waals surface area (Å²) in [5, 5.41) is 11.3. The molecule has 104 valence electrons. The number of rotatable bonds is 3. The van der Waals surface area contributed by atoms with Crippen molar-refractivity contribution in [1.29, 1.82) is 0 Å². The van der Waals surface area contributed by atoms with E-state index in [0.29, 0.717) is 6.07 Å². The van der Waals surface area contributed by atoms with Crippen LogP contribution in [0.3, 0.4) is 0 Å². The van der Waals surface area contributed by atoms with Crippen LogP contribution in [-0.4, -0.2) is 11.1 Å². The molecule has 0 aliphatic heterocycles. The number of nitrogens with two attached hydrogens (primary N) is 1. The molecular weight excluding hydrogens is 273 g/mol. The van der Waals surface area contributed by atoms with E-state index in [1.807, 2.05) is 0 Å². The molecule has 2 rings (SSSR count). The van der Waals surface area contributed by atoms with Gasteiger partial charge in [0.05, 0.1) is 11.3 Å². The predicted octanol–water partition coefficient (Wildman–Crippen LogP) is 3.13. The Hall–Kier alpha value is -2.70. The number of benzene rings is 2. The highest BCUT2D eigenvalue weighted by molar-refractivity contribution is 5.95. The number of halogens is 3. The van der Waals surface area contributed by atoms with E-state index < -0.39 is 23.4 Å². The third-order valence-corrected chi connectivity index (χ3v) is 2.51. The second-order valence-corrected chi connectivity index (χ2v) is 4.01. The molecule has 0 bridgehead atoms. The number of aromatic carboxylic acids is 1. The molecule has 0 aliphatic carbocycles. The Balaban J connectivity index is 2.42. The van der Waals surface area contributed by atoms with Crippen LogP contribution in [-0.2, 0) is 0 Å².